The van der Waals surface area contributed by atoms with Crippen LogP contribution in [0.2, 0.25) is 0 Å². The number of hydrogen-bond acceptors (Lipinski definition) is 6. The highest BCUT2D eigenvalue weighted by atomic mass is 16.5. The van der Waals surface area contributed by atoms with Crippen molar-refractivity contribution in [3.05, 3.63) is 11.7 Å². The highest BCUT2D eigenvalue weighted by molar-refractivity contribution is 5.80. The average molecular weight is 267 g/mol. The molecule has 0 bridgehead atoms. The van der Waals surface area contributed by atoms with Crippen molar-refractivity contribution in [1.82, 2.24) is 20.4 Å². The van der Waals surface area contributed by atoms with E-state index in [2.05, 4.69) is 15.5 Å². The first-order chi connectivity index (χ1) is 8.88. The van der Waals surface area contributed by atoms with Crippen LogP contribution in [0.1, 0.15) is 32.5 Å². The molecular weight excluding hydrogens is 246 g/mol. The van der Waals surface area contributed by atoms with Gasteiger partial charge in [-0.15, -0.1) is 0 Å². The number of piperazine rings is 1. The Labute approximate surface area is 112 Å². The van der Waals surface area contributed by atoms with Gasteiger partial charge in [0.1, 0.15) is 6.04 Å². The first-order valence-electron chi connectivity index (χ1n) is 6.45. The summed E-state index contributed by atoms with van der Waals surface area (Å²) in [5, 5.41) is 7.13. The fourth-order valence-corrected chi connectivity index (χ4v) is 2.01. The maximum atomic E-state index is 11.4. The third-order valence-electron chi connectivity index (χ3n) is 3.16. The van der Waals surface area contributed by atoms with Crippen LogP contribution in [0.4, 0.5) is 0 Å². The molecule has 19 heavy (non-hydrogen) atoms. The van der Waals surface area contributed by atoms with Crippen LogP contribution in [0, 0.1) is 0 Å². The largest absolute Gasteiger partial charge is 0.368 e. The summed E-state index contributed by atoms with van der Waals surface area (Å²) >= 11 is 0. The highest BCUT2D eigenvalue weighted by Gasteiger charge is 2.29. The number of carbonyl (C=O) groups is 1. The molecule has 7 nitrogen and oxygen atoms in total. The van der Waals surface area contributed by atoms with Gasteiger partial charge >= 0.3 is 0 Å². The van der Waals surface area contributed by atoms with E-state index in [-0.39, 0.29) is 17.4 Å². The Balaban J connectivity index is 2.07. The molecule has 1 aliphatic heterocycles. The van der Waals surface area contributed by atoms with Crippen LogP contribution in [0.25, 0.3) is 0 Å². The standard InChI is InChI=1S/C12H21N5O2/c1-12(2,3)11-15-9(19-16-11)7-17-5-4-14-6-8(17)10(13)18/h8,14H,4-7H2,1-3H3,(H2,13,18). The average Bonchev–Trinajstić information content (AvgIpc) is 2.77. The second-order valence-electron chi connectivity index (χ2n) is 5.85. The molecule has 1 atom stereocenters. The quantitative estimate of drug-likeness (QED) is 0.775. The lowest BCUT2D eigenvalue weighted by molar-refractivity contribution is -0.124. The topological polar surface area (TPSA) is 97.3 Å². The minimum Gasteiger partial charge on any atom is -0.368 e. The normalized spacial score (nSPS) is 21.5. The fraction of sp³-hybridized carbons (Fsp3) is 0.750. The predicted molar refractivity (Wildman–Crippen MR) is 69.3 cm³/mol. The summed E-state index contributed by atoms with van der Waals surface area (Å²) in [5.74, 6) is 0.870. The van der Waals surface area contributed by atoms with Crippen molar-refractivity contribution >= 4 is 5.91 Å². The van der Waals surface area contributed by atoms with Crippen LogP contribution >= 0.6 is 0 Å². The SMILES string of the molecule is CC(C)(C)c1noc(CN2CCNCC2C(N)=O)n1. The lowest BCUT2D eigenvalue weighted by atomic mass is 9.96. The minimum absolute atomic E-state index is 0.145. The molecule has 0 spiro atoms. The molecule has 1 aliphatic rings. The molecule has 7 heteroatoms. The first kappa shape index (κ1) is 14.0. The Bertz CT molecular complexity index is 451. The summed E-state index contributed by atoms with van der Waals surface area (Å²) in [6.07, 6.45) is 0. The Morgan fingerprint density at radius 3 is 2.89 bits per heavy atom. The van der Waals surface area contributed by atoms with Crippen LogP contribution in [0.5, 0.6) is 0 Å². The van der Waals surface area contributed by atoms with Crippen molar-refractivity contribution in [3.63, 3.8) is 0 Å². The van der Waals surface area contributed by atoms with Gasteiger partial charge in [0.25, 0.3) is 0 Å². The number of carbonyl (C=O) groups excluding carboxylic acids is 1. The van der Waals surface area contributed by atoms with Gasteiger partial charge in [-0.3, -0.25) is 9.69 Å². The molecule has 1 fully saturated rings. The van der Waals surface area contributed by atoms with E-state index < -0.39 is 0 Å². The van der Waals surface area contributed by atoms with Crippen LogP contribution in [-0.2, 0) is 16.8 Å². The van der Waals surface area contributed by atoms with Gasteiger partial charge in [-0.1, -0.05) is 25.9 Å². The zero-order valence-corrected chi connectivity index (χ0v) is 11.6. The second kappa shape index (κ2) is 5.26. The summed E-state index contributed by atoms with van der Waals surface area (Å²) in [4.78, 5) is 17.7. The predicted octanol–water partition coefficient (Wildman–Crippen LogP) is -0.374. The highest BCUT2D eigenvalue weighted by Crippen LogP contribution is 2.19. The summed E-state index contributed by atoms with van der Waals surface area (Å²) in [5.41, 5.74) is 5.25. The third-order valence-corrected chi connectivity index (χ3v) is 3.16. The van der Waals surface area contributed by atoms with Gasteiger partial charge in [0.15, 0.2) is 5.82 Å². The molecule has 1 aromatic heterocycles. The van der Waals surface area contributed by atoms with Crippen molar-refractivity contribution in [2.24, 2.45) is 5.73 Å². The Hall–Kier alpha value is -1.47. The van der Waals surface area contributed by atoms with E-state index >= 15 is 0 Å². The van der Waals surface area contributed by atoms with Gasteiger partial charge in [0, 0.05) is 25.0 Å². The number of nitrogens with one attached hydrogen (secondary N) is 1. The molecule has 2 rings (SSSR count). The van der Waals surface area contributed by atoms with E-state index in [1.54, 1.807) is 0 Å². The van der Waals surface area contributed by atoms with E-state index in [4.69, 9.17) is 10.3 Å². The molecule has 0 saturated carbocycles. The molecule has 1 amide bonds. The number of aromatic nitrogens is 2. The van der Waals surface area contributed by atoms with Crippen LogP contribution in [0.3, 0.4) is 0 Å². The Morgan fingerprint density at radius 2 is 2.32 bits per heavy atom. The van der Waals surface area contributed by atoms with Gasteiger partial charge in [-0.05, 0) is 0 Å². The number of hydrogen-bond donors (Lipinski definition) is 2. The maximum absolute atomic E-state index is 11.4. The summed E-state index contributed by atoms with van der Waals surface area (Å²) in [6, 6.07) is -0.321. The van der Waals surface area contributed by atoms with Gasteiger partial charge in [0.2, 0.25) is 11.8 Å². The Morgan fingerprint density at radius 1 is 1.58 bits per heavy atom. The summed E-state index contributed by atoms with van der Waals surface area (Å²) in [6.45, 7) is 8.66. The zero-order valence-electron chi connectivity index (χ0n) is 11.6. The molecule has 2 heterocycles. The molecule has 0 radical (unpaired) electrons. The first-order valence-corrected chi connectivity index (χ1v) is 6.45. The maximum Gasteiger partial charge on any atom is 0.240 e. The molecule has 0 aromatic carbocycles. The second-order valence-corrected chi connectivity index (χ2v) is 5.85. The van der Waals surface area contributed by atoms with E-state index in [1.807, 2.05) is 25.7 Å². The van der Waals surface area contributed by atoms with Crippen LogP contribution < -0.4 is 11.1 Å². The third kappa shape index (κ3) is 3.30. The zero-order chi connectivity index (χ0) is 14.0. The van der Waals surface area contributed by atoms with E-state index in [0.717, 1.165) is 13.1 Å². The number of nitrogens with zero attached hydrogens (tertiary/aromatic N) is 3. The Kier molecular flexibility index (Phi) is 3.86. The van der Waals surface area contributed by atoms with Gasteiger partial charge in [-0.2, -0.15) is 4.98 Å². The van der Waals surface area contributed by atoms with Crippen molar-refractivity contribution in [1.29, 1.82) is 0 Å². The van der Waals surface area contributed by atoms with Gasteiger partial charge in [-0.25, -0.2) is 0 Å². The van der Waals surface area contributed by atoms with Crippen LogP contribution in [0.15, 0.2) is 4.52 Å². The van der Waals surface area contributed by atoms with Crippen molar-refractivity contribution in [2.45, 2.75) is 38.8 Å². The number of primary amides is 1. The molecule has 106 valence electrons. The number of amides is 1. The van der Waals surface area contributed by atoms with Crippen molar-refractivity contribution in [3.8, 4) is 0 Å². The molecule has 1 unspecified atom stereocenters. The molecular formula is C12H21N5O2. The van der Waals surface area contributed by atoms with E-state index in [9.17, 15) is 4.79 Å². The van der Waals surface area contributed by atoms with Crippen LogP contribution in [-0.4, -0.2) is 46.6 Å². The van der Waals surface area contributed by atoms with Crippen molar-refractivity contribution < 1.29 is 9.32 Å². The fourth-order valence-electron chi connectivity index (χ4n) is 2.01. The molecule has 1 saturated heterocycles. The van der Waals surface area contributed by atoms with Gasteiger partial charge < -0.3 is 15.6 Å². The summed E-state index contributed by atoms with van der Waals surface area (Å²) < 4.78 is 5.25. The minimum atomic E-state index is -0.331. The smallest absolute Gasteiger partial charge is 0.240 e. The van der Waals surface area contributed by atoms with Crippen molar-refractivity contribution in [2.75, 3.05) is 19.6 Å². The number of rotatable bonds is 3. The molecule has 3 N–H and O–H groups in total. The van der Waals surface area contributed by atoms with Gasteiger partial charge in [0.05, 0.1) is 6.54 Å². The summed E-state index contributed by atoms with van der Waals surface area (Å²) in [7, 11) is 0. The van der Waals surface area contributed by atoms with E-state index in [1.165, 1.54) is 0 Å². The van der Waals surface area contributed by atoms with E-state index in [0.29, 0.717) is 24.8 Å². The molecule has 0 aliphatic carbocycles. The monoisotopic (exact) mass is 267 g/mol. The molecule has 1 aromatic rings. The lowest BCUT2D eigenvalue weighted by Crippen LogP contribution is -2.56. The lowest BCUT2D eigenvalue weighted by Gasteiger charge is -2.32. The number of nitrogens with two attached hydrogens (primary N) is 1.